The first-order chi connectivity index (χ1) is 6.65. The van der Waals surface area contributed by atoms with Crippen LogP contribution in [0, 0.1) is 0 Å². The summed E-state index contributed by atoms with van der Waals surface area (Å²) in [5.74, 6) is -0.00796. The molecule has 0 bridgehead atoms. The van der Waals surface area contributed by atoms with E-state index in [1.54, 1.807) is 7.11 Å². The van der Waals surface area contributed by atoms with Crippen LogP contribution < -0.4 is 0 Å². The van der Waals surface area contributed by atoms with Gasteiger partial charge in [-0.2, -0.15) is 0 Å². The van der Waals surface area contributed by atoms with E-state index in [9.17, 15) is 4.39 Å². The lowest BCUT2D eigenvalue weighted by Gasteiger charge is -2.05. The van der Waals surface area contributed by atoms with Gasteiger partial charge in [0.05, 0.1) is 6.10 Å². The molecule has 2 heteroatoms. The van der Waals surface area contributed by atoms with Crippen LogP contribution in [0.1, 0.15) is 40.0 Å². The molecule has 0 amide bonds. The van der Waals surface area contributed by atoms with Crippen molar-refractivity contribution >= 4 is 0 Å². The molecule has 0 fully saturated rings. The van der Waals surface area contributed by atoms with Gasteiger partial charge in [-0.1, -0.05) is 32.4 Å². The number of rotatable bonds is 6. The smallest absolute Gasteiger partial charge is 0.103 e. The van der Waals surface area contributed by atoms with Gasteiger partial charge < -0.3 is 4.74 Å². The molecule has 0 saturated carbocycles. The first-order valence-electron chi connectivity index (χ1n) is 5.24. The van der Waals surface area contributed by atoms with E-state index < -0.39 is 0 Å². The minimum Gasteiger partial charge on any atom is -0.378 e. The van der Waals surface area contributed by atoms with Gasteiger partial charge >= 0.3 is 0 Å². The fourth-order valence-corrected chi connectivity index (χ4v) is 1.14. The Morgan fingerprint density at radius 1 is 1.43 bits per heavy atom. The maximum atomic E-state index is 13.3. The number of halogens is 1. The van der Waals surface area contributed by atoms with Crippen LogP contribution in [0.5, 0.6) is 0 Å². The normalized spacial score (nSPS) is 15.8. The number of methoxy groups -OCH3 is 1. The molecule has 0 aliphatic rings. The summed E-state index contributed by atoms with van der Waals surface area (Å²) in [6, 6.07) is 0. The first kappa shape index (κ1) is 13.4. The molecule has 0 rings (SSSR count). The molecule has 0 aromatic heterocycles. The van der Waals surface area contributed by atoms with Crippen molar-refractivity contribution in [1.82, 2.24) is 0 Å². The summed E-state index contributed by atoms with van der Waals surface area (Å²) in [6.45, 7) is 5.82. The highest BCUT2D eigenvalue weighted by atomic mass is 19.1. The van der Waals surface area contributed by atoms with Crippen molar-refractivity contribution in [2.75, 3.05) is 7.11 Å². The van der Waals surface area contributed by atoms with Gasteiger partial charge in [0.25, 0.3) is 0 Å². The lowest BCUT2D eigenvalue weighted by Crippen LogP contribution is -1.99. The van der Waals surface area contributed by atoms with Crippen LogP contribution in [0.15, 0.2) is 23.6 Å². The van der Waals surface area contributed by atoms with Gasteiger partial charge in [-0.05, 0) is 25.3 Å². The van der Waals surface area contributed by atoms with Crippen LogP contribution >= 0.6 is 0 Å². The minimum atomic E-state index is -0.00796. The highest BCUT2D eigenvalue weighted by Gasteiger charge is 2.01. The monoisotopic (exact) mass is 200 g/mol. The second-order valence-corrected chi connectivity index (χ2v) is 3.33. The predicted molar refractivity (Wildman–Crippen MR) is 58.9 cm³/mol. The molecule has 1 nitrogen and oxygen atoms in total. The zero-order chi connectivity index (χ0) is 11.0. The largest absolute Gasteiger partial charge is 0.378 e. The van der Waals surface area contributed by atoms with Crippen LogP contribution in [-0.4, -0.2) is 13.2 Å². The second kappa shape index (κ2) is 7.74. The topological polar surface area (TPSA) is 9.23 Å². The molecule has 0 aliphatic carbocycles. The highest BCUT2D eigenvalue weighted by molar-refractivity contribution is 5.22. The van der Waals surface area contributed by atoms with Crippen LogP contribution in [0.4, 0.5) is 4.39 Å². The lowest BCUT2D eigenvalue weighted by atomic mass is 10.1. The Bertz CT molecular complexity index is 206. The van der Waals surface area contributed by atoms with E-state index in [1.807, 2.05) is 26.0 Å². The average molecular weight is 200 g/mol. The molecule has 0 heterocycles. The molecule has 82 valence electrons. The number of ether oxygens (including phenoxy) is 1. The Hall–Kier alpha value is -0.630. The quantitative estimate of drug-likeness (QED) is 0.589. The van der Waals surface area contributed by atoms with E-state index in [0.717, 1.165) is 18.4 Å². The van der Waals surface area contributed by atoms with Gasteiger partial charge in [0.2, 0.25) is 0 Å². The summed E-state index contributed by atoms with van der Waals surface area (Å²) < 4.78 is 18.4. The molecule has 0 aromatic carbocycles. The third kappa shape index (κ3) is 5.18. The molecule has 1 atom stereocenters. The van der Waals surface area contributed by atoms with Crippen molar-refractivity contribution in [1.29, 1.82) is 0 Å². The summed E-state index contributed by atoms with van der Waals surface area (Å²) in [7, 11) is 1.65. The summed E-state index contributed by atoms with van der Waals surface area (Å²) in [5, 5.41) is 0. The third-order valence-corrected chi connectivity index (χ3v) is 2.12. The van der Waals surface area contributed by atoms with Crippen molar-refractivity contribution in [2.24, 2.45) is 0 Å². The Morgan fingerprint density at radius 3 is 2.50 bits per heavy atom. The highest BCUT2D eigenvalue weighted by Crippen LogP contribution is 2.17. The fourth-order valence-electron chi connectivity index (χ4n) is 1.14. The van der Waals surface area contributed by atoms with Gasteiger partial charge in [-0.25, -0.2) is 4.39 Å². The van der Waals surface area contributed by atoms with Gasteiger partial charge in [-0.15, -0.1) is 0 Å². The van der Waals surface area contributed by atoms with Crippen LogP contribution in [0.3, 0.4) is 0 Å². The number of hydrogen-bond donors (Lipinski definition) is 0. The molecule has 14 heavy (non-hydrogen) atoms. The Kier molecular flexibility index (Phi) is 7.40. The van der Waals surface area contributed by atoms with Crippen molar-refractivity contribution < 1.29 is 9.13 Å². The Balaban J connectivity index is 4.45. The SMILES string of the molecule is CCCC(/C=C\C(C)OC)=C(\F)CC. The molecule has 1 unspecified atom stereocenters. The van der Waals surface area contributed by atoms with Crippen molar-refractivity contribution in [3.63, 3.8) is 0 Å². The van der Waals surface area contributed by atoms with E-state index in [0.29, 0.717) is 6.42 Å². The standard InChI is InChI=1S/C12H21FO/c1-5-7-11(12(13)6-2)9-8-10(3)14-4/h8-10H,5-7H2,1-4H3/b9-8-,12-11+. The van der Waals surface area contributed by atoms with Crippen molar-refractivity contribution in [2.45, 2.75) is 46.1 Å². The Labute approximate surface area is 86.7 Å². The minimum absolute atomic E-state index is 0.00796. The number of hydrogen-bond acceptors (Lipinski definition) is 1. The second-order valence-electron chi connectivity index (χ2n) is 3.33. The van der Waals surface area contributed by atoms with E-state index >= 15 is 0 Å². The lowest BCUT2D eigenvalue weighted by molar-refractivity contribution is 0.156. The average Bonchev–Trinajstić information content (AvgIpc) is 2.22. The summed E-state index contributed by atoms with van der Waals surface area (Å²) in [6.07, 6.45) is 6.02. The maximum absolute atomic E-state index is 13.3. The van der Waals surface area contributed by atoms with Gasteiger partial charge in [0.15, 0.2) is 0 Å². The maximum Gasteiger partial charge on any atom is 0.103 e. The fraction of sp³-hybridized carbons (Fsp3) is 0.667. The van der Waals surface area contributed by atoms with Gasteiger partial charge in [0.1, 0.15) is 5.83 Å². The van der Waals surface area contributed by atoms with E-state index in [1.165, 1.54) is 0 Å². The van der Waals surface area contributed by atoms with Crippen LogP contribution in [0.2, 0.25) is 0 Å². The van der Waals surface area contributed by atoms with Gasteiger partial charge in [-0.3, -0.25) is 0 Å². The van der Waals surface area contributed by atoms with E-state index in [-0.39, 0.29) is 11.9 Å². The molecule has 0 saturated heterocycles. The molecule has 0 radical (unpaired) electrons. The summed E-state index contributed by atoms with van der Waals surface area (Å²) >= 11 is 0. The molecular weight excluding hydrogens is 179 g/mol. The summed E-state index contributed by atoms with van der Waals surface area (Å²) in [4.78, 5) is 0. The van der Waals surface area contributed by atoms with Crippen molar-refractivity contribution in [3.8, 4) is 0 Å². The van der Waals surface area contributed by atoms with Crippen LogP contribution in [0.25, 0.3) is 0 Å². The predicted octanol–water partition coefficient (Wildman–Crippen LogP) is 4.01. The molecule has 0 spiro atoms. The molecule has 0 aromatic rings. The van der Waals surface area contributed by atoms with Crippen LogP contribution in [-0.2, 0) is 4.74 Å². The zero-order valence-electron chi connectivity index (χ0n) is 9.64. The van der Waals surface area contributed by atoms with E-state index in [4.69, 9.17) is 4.74 Å². The first-order valence-corrected chi connectivity index (χ1v) is 5.24. The third-order valence-electron chi connectivity index (χ3n) is 2.12. The Morgan fingerprint density at radius 2 is 2.07 bits per heavy atom. The number of allylic oxidation sites excluding steroid dienone is 3. The molecular formula is C12H21FO. The zero-order valence-corrected chi connectivity index (χ0v) is 9.64. The van der Waals surface area contributed by atoms with Gasteiger partial charge in [0, 0.05) is 7.11 Å². The molecule has 0 aliphatic heterocycles. The summed E-state index contributed by atoms with van der Waals surface area (Å²) in [5.41, 5.74) is 0.805. The molecule has 0 N–H and O–H groups in total. The van der Waals surface area contributed by atoms with E-state index in [2.05, 4.69) is 6.92 Å². The van der Waals surface area contributed by atoms with Crippen molar-refractivity contribution in [3.05, 3.63) is 23.6 Å².